The van der Waals surface area contributed by atoms with Crippen LogP contribution in [0, 0.1) is 0 Å². The molecule has 0 aromatic heterocycles. The highest BCUT2D eigenvalue weighted by Crippen LogP contribution is 2.43. The van der Waals surface area contributed by atoms with Crippen molar-refractivity contribution in [3.63, 3.8) is 0 Å². The van der Waals surface area contributed by atoms with Gasteiger partial charge in [0.1, 0.15) is 19.8 Å². The summed E-state index contributed by atoms with van der Waals surface area (Å²) >= 11 is 0. The third-order valence-corrected chi connectivity index (χ3v) is 17.1. The molecule has 2 unspecified atom stereocenters. The topological polar surface area (TPSA) is 108 Å². The first-order chi connectivity index (χ1) is 43.0. The molecule has 9 nitrogen and oxygen atoms in total. The zero-order valence-electron chi connectivity index (χ0n) is 58.2. The minimum Gasteiger partial charge on any atom is -0.462 e. The molecule has 0 bridgehead atoms. The number of unbranched alkanes of at least 4 members (excludes halogenated alkanes) is 38. The van der Waals surface area contributed by atoms with E-state index in [0.717, 1.165) is 83.5 Å². The van der Waals surface area contributed by atoms with E-state index in [9.17, 15) is 19.0 Å². The Bertz CT molecular complexity index is 1810. The van der Waals surface area contributed by atoms with E-state index in [1.807, 2.05) is 21.1 Å². The molecule has 0 saturated heterocycles. The van der Waals surface area contributed by atoms with Gasteiger partial charge in [0.25, 0.3) is 0 Å². The lowest BCUT2D eigenvalue weighted by atomic mass is 10.0. The minimum absolute atomic E-state index is 0.0304. The Morgan fingerprint density at radius 1 is 0.364 bits per heavy atom. The van der Waals surface area contributed by atoms with E-state index in [-0.39, 0.29) is 32.0 Å². The summed E-state index contributed by atoms with van der Waals surface area (Å²) in [7, 11) is 1.48. The Kier molecular flexibility index (Phi) is 65.9. The number of carbonyl (C=O) groups excluding carboxylic acids is 2. The number of hydrogen-bond acceptors (Lipinski definition) is 7. The van der Waals surface area contributed by atoms with E-state index in [4.69, 9.17) is 18.5 Å². The molecule has 0 amide bonds. The maximum absolute atomic E-state index is 12.9. The third-order valence-electron chi connectivity index (χ3n) is 16.1. The van der Waals surface area contributed by atoms with Crippen LogP contribution in [0.25, 0.3) is 0 Å². The number of allylic oxidation sites excluding steroid dienone is 16. The number of likely N-dealkylation sites (N-methyl/N-ethyl adjacent to an activating group) is 1. The van der Waals surface area contributed by atoms with E-state index >= 15 is 0 Å². The summed E-state index contributed by atoms with van der Waals surface area (Å²) in [6.07, 6.45) is 95.2. The standard InChI is InChI=1S/C78H140NO8P/c1-6-8-10-12-14-16-18-20-22-24-26-28-30-32-34-35-36-37-38-39-40-41-42-43-45-47-49-51-53-55-57-59-61-63-65-67-69-71-78(81)87-76(75-86-88(82,83)85-73-72-79(3,4)5)74-84-77(80)70-68-66-64-62-60-58-56-54-52-50-48-46-44-33-31-29-27-25-23-21-19-17-15-13-11-9-7-2/h8,10,14,16,20,22,25-28,32,34,36-37,39-40,76H,6-7,9,11-13,15,17-19,21,23-24,29-31,33,35,38,41-75H2,1-5H3/p+1/b10-8-,16-14-,22-20-,27-25-,28-26-,34-32-,37-36-,40-39-. The molecule has 0 aliphatic carbocycles. The van der Waals surface area contributed by atoms with Gasteiger partial charge in [-0.25, -0.2) is 4.57 Å². The molecule has 0 aliphatic heterocycles. The first kappa shape index (κ1) is 84.9. The van der Waals surface area contributed by atoms with Crippen molar-refractivity contribution in [2.24, 2.45) is 0 Å². The molecule has 0 aromatic rings. The summed E-state index contributed by atoms with van der Waals surface area (Å²) in [4.78, 5) is 35.9. The summed E-state index contributed by atoms with van der Waals surface area (Å²) in [6.45, 7) is 4.36. The fourth-order valence-corrected chi connectivity index (χ4v) is 11.2. The summed E-state index contributed by atoms with van der Waals surface area (Å²) in [5, 5.41) is 0. The Labute approximate surface area is 544 Å². The van der Waals surface area contributed by atoms with Crippen LogP contribution in [0.15, 0.2) is 97.2 Å². The molecule has 0 heterocycles. The SMILES string of the molecule is CC/C=C\C/C=C\C/C=C\C/C=C\C/C=C\C/C=C\C/C=C\CCCCCCCCCCCCCCCCCC(=O)OC(COC(=O)CCCCCCCCCCCCCCCCC/C=C\CCCCCCCCCC)COP(=O)(O)OCC[N+](C)(C)C. The molecule has 510 valence electrons. The van der Waals surface area contributed by atoms with Gasteiger partial charge < -0.3 is 18.9 Å². The first-order valence-electron chi connectivity index (χ1n) is 37.0. The van der Waals surface area contributed by atoms with Gasteiger partial charge >= 0.3 is 19.8 Å². The highest BCUT2D eigenvalue weighted by Gasteiger charge is 2.27. The normalized spacial score (nSPS) is 13.7. The lowest BCUT2D eigenvalue weighted by Gasteiger charge is -2.24. The van der Waals surface area contributed by atoms with Crippen LogP contribution < -0.4 is 0 Å². The van der Waals surface area contributed by atoms with Gasteiger partial charge in [0.2, 0.25) is 0 Å². The predicted octanol–water partition coefficient (Wildman–Crippen LogP) is 24.3. The maximum atomic E-state index is 12.9. The Morgan fingerprint density at radius 2 is 0.648 bits per heavy atom. The average molecular weight is 1250 g/mol. The molecule has 0 fully saturated rings. The van der Waals surface area contributed by atoms with Gasteiger partial charge in [-0.15, -0.1) is 0 Å². The molecule has 1 N–H and O–H groups in total. The molecule has 2 atom stereocenters. The van der Waals surface area contributed by atoms with Crippen LogP contribution in [0.1, 0.15) is 335 Å². The summed E-state index contributed by atoms with van der Waals surface area (Å²) in [5.74, 6) is -0.786. The van der Waals surface area contributed by atoms with Crippen molar-refractivity contribution in [1.29, 1.82) is 0 Å². The minimum atomic E-state index is -4.40. The van der Waals surface area contributed by atoms with Crippen molar-refractivity contribution in [3.8, 4) is 0 Å². The van der Waals surface area contributed by atoms with Crippen LogP contribution in [0.4, 0.5) is 0 Å². The quantitative estimate of drug-likeness (QED) is 0.0211. The molecular weight excluding hydrogens is 1110 g/mol. The molecule has 0 aliphatic rings. The predicted molar refractivity (Wildman–Crippen MR) is 381 cm³/mol. The zero-order chi connectivity index (χ0) is 64.1. The number of hydrogen-bond donors (Lipinski definition) is 1. The Hall–Kier alpha value is -3.07. The maximum Gasteiger partial charge on any atom is 0.472 e. The first-order valence-corrected chi connectivity index (χ1v) is 38.5. The van der Waals surface area contributed by atoms with Crippen molar-refractivity contribution >= 4 is 19.8 Å². The number of carbonyl (C=O) groups is 2. The smallest absolute Gasteiger partial charge is 0.462 e. The zero-order valence-corrected chi connectivity index (χ0v) is 59.1. The molecule has 0 rings (SSSR count). The lowest BCUT2D eigenvalue weighted by molar-refractivity contribution is -0.870. The summed E-state index contributed by atoms with van der Waals surface area (Å²) in [5.41, 5.74) is 0. The fourth-order valence-electron chi connectivity index (χ4n) is 10.5. The third kappa shape index (κ3) is 72.0. The number of ether oxygens (including phenoxy) is 2. The number of phosphoric ester groups is 1. The van der Waals surface area contributed by atoms with Crippen molar-refractivity contribution < 1.29 is 42.1 Å². The summed E-state index contributed by atoms with van der Waals surface area (Å²) in [6, 6.07) is 0. The van der Waals surface area contributed by atoms with E-state index in [0.29, 0.717) is 17.4 Å². The largest absolute Gasteiger partial charge is 0.472 e. The lowest BCUT2D eigenvalue weighted by Crippen LogP contribution is -2.37. The van der Waals surface area contributed by atoms with E-state index in [1.165, 1.54) is 218 Å². The van der Waals surface area contributed by atoms with Gasteiger partial charge in [0.05, 0.1) is 27.7 Å². The fraction of sp³-hybridized carbons (Fsp3) is 0.769. The van der Waals surface area contributed by atoms with Gasteiger partial charge in [-0.2, -0.15) is 0 Å². The highest BCUT2D eigenvalue weighted by atomic mass is 31.2. The molecular formula is C78H141NO8P+. The van der Waals surface area contributed by atoms with Crippen molar-refractivity contribution in [1.82, 2.24) is 0 Å². The number of esters is 2. The van der Waals surface area contributed by atoms with Crippen LogP contribution in [-0.2, 0) is 32.7 Å². The van der Waals surface area contributed by atoms with Crippen LogP contribution >= 0.6 is 7.82 Å². The monoisotopic (exact) mass is 1250 g/mol. The number of phosphoric acid groups is 1. The Morgan fingerprint density at radius 3 is 0.977 bits per heavy atom. The molecule has 88 heavy (non-hydrogen) atoms. The highest BCUT2D eigenvalue weighted by molar-refractivity contribution is 7.47. The van der Waals surface area contributed by atoms with Crippen molar-refractivity contribution in [3.05, 3.63) is 97.2 Å². The number of rotatable bonds is 68. The van der Waals surface area contributed by atoms with Crippen LogP contribution in [0.3, 0.4) is 0 Å². The average Bonchev–Trinajstić information content (AvgIpc) is 3.68. The van der Waals surface area contributed by atoms with Gasteiger partial charge in [-0.1, -0.05) is 323 Å². The van der Waals surface area contributed by atoms with Crippen LogP contribution in [-0.4, -0.2) is 74.9 Å². The van der Waals surface area contributed by atoms with Crippen molar-refractivity contribution in [2.45, 2.75) is 341 Å². The van der Waals surface area contributed by atoms with Crippen LogP contribution in [0.5, 0.6) is 0 Å². The molecule has 0 spiro atoms. The second-order valence-corrected chi connectivity index (χ2v) is 27.4. The van der Waals surface area contributed by atoms with Gasteiger partial charge in [-0.3, -0.25) is 18.6 Å². The van der Waals surface area contributed by atoms with Crippen LogP contribution in [0.2, 0.25) is 0 Å². The van der Waals surface area contributed by atoms with E-state index in [2.05, 4.69) is 111 Å². The summed E-state index contributed by atoms with van der Waals surface area (Å²) < 4.78 is 34.8. The van der Waals surface area contributed by atoms with E-state index in [1.54, 1.807) is 0 Å². The van der Waals surface area contributed by atoms with E-state index < -0.39 is 26.5 Å². The molecule has 0 radical (unpaired) electrons. The second-order valence-electron chi connectivity index (χ2n) is 25.9. The Balaban J connectivity index is 4.01. The van der Waals surface area contributed by atoms with Gasteiger partial charge in [0.15, 0.2) is 6.10 Å². The number of quaternary nitrogens is 1. The number of nitrogens with zero attached hydrogens (tertiary/aromatic N) is 1. The van der Waals surface area contributed by atoms with Gasteiger partial charge in [-0.05, 0) is 96.3 Å². The molecule has 10 heteroatoms. The second kappa shape index (κ2) is 68.3. The van der Waals surface area contributed by atoms with Crippen molar-refractivity contribution in [2.75, 3.05) is 47.5 Å². The molecule has 0 aromatic carbocycles. The molecule has 0 saturated carbocycles. The van der Waals surface area contributed by atoms with Gasteiger partial charge in [0, 0.05) is 12.8 Å².